The van der Waals surface area contributed by atoms with E-state index in [1.165, 1.54) is 23.5 Å². The van der Waals surface area contributed by atoms with Gasteiger partial charge < -0.3 is 15.9 Å². The number of hydrogen-bond acceptors (Lipinski definition) is 7. The summed E-state index contributed by atoms with van der Waals surface area (Å²) in [5, 5.41) is 11.5. The SMILES string of the molecule is COC(=O)c1ccc(CNC(=O)CSc2nnc(-c3ccc(C)cc3)n2N)cc1. The Morgan fingerprint density at radius 1 is 1.10 bits per heavy atom. The molecular weight excluding hydrogens is 390 g/mol. The monoisotopic (exact) mass is 411 g/mol. The molecule has 0 radical (unpaired) electrons. The van der Waals surface area contributed by atoms with Gasteiger partial charge in [0.25, 0.3) is 0 Å². The van der Waals surface area contributed by atoms with E-state index in [1.807, 2.05) is 31.2 Å². The van der Waals surface area contributed by atoms with E-state index in [0.717, 1.165) is 16.7 Å². The maximum Gasteiger partial charge on any atom is 0.337 e. The zero-order valence-corrected chi connectivity index (χ0v) is 16.9. The number of aromatic nitrogens is 3. The lowest BCUT2D eigenvalue weighted by molar-refractivity contribution is -0.118. The van der Waals surface area contributed by atoms with Crippen molar-refractivity contribution in [2.45, 2.75) is 18.6 Å². The number of ether oxygens (including phenoxy) is 1. The molecule has 0 bridgehead atoms. The number of thioether (sulfide) groups is 1. The summed E-state index contributed by atoms with van der Waals surface area (Å²) in [4.78, 5) is 23.6. The summed E-state index contributed by atoms with van der Waals surface area (Å²) in [7, 11) is 1.33. The van der Waals surface area contributed by atoms with Gasteiger partial charge in [-0.05, 0) is 24.6 Å². The molecule has 0 spiro atoms. The first-order chi connectivity index (χ1) is 14.0. The summed E-state index contributed by atoms with van der Waals surface area (Å²) in [5.74, 6) is 6.22. The Morgan fingerprint density at radius 3 is 2.45 bits per heavy atom. The molecule has 0 saturated heterocycles. The molecule has 9 heteroatoms. The number of carbonyl (C=O) groups is 2. The van der Waals surface area contributed by atoms with Crippen LogP contribution in [0.3, 0.4) is 0 Å². The Morgan fingerprint density at radius 2 is 1.79 bits per heavy atom. The molecule has 0 unspecified atom stereocenters. The summed E-state index contributed by atoms with van der Waals surface area (Å²) in [6, 6.07) is 14.7. The first kappa shape index (κ1) is 20.4. The van der Waals surface area contributed by atoms with Crippen LogP contribution in [0.15, 0.2) is 53.7 Å². The normalized spacial score (nSPS) is 10.6. The molecule has 29 heavy (non-hydrogen) atoms. The van der Waals surface area contributed by atoms with Crippen molar-refractivity contribution in [1.29, 1.82) is 0 Å². The van der Waals surface area contributed by atoms with E-state index in [4.69, 9.17) is 5.84 Å². The number of rotatable bonds is 7. The second kappa shape index (κ2) is 9.24. The maximum absolute atomic E-state index is 12.1. The van der Waals surface area contributed by atoms with Crippen molar-refractivity contribution in [3.8, 4) is 11.4 Å². The van der Waals surface area contributed by atoms with Crippen molar-refractivity contribution >= 4 is 23.6 Å². The average Bonchev–Trinajstić information content (AvgIpc) is 3.11. The Labute approximate surface area is 172 Å². The van der Waals surface area contributed by atoms with E-state index < -0.39 is 5.97 Å². The fourth-order valence-corrected chi connectivity index (χ4v) is 3.22. The van der Waals surface area contributed by atoms with Gasteiger partial charge in [-0.3, -0.25) is 4.79 Å². The third-order valence-corrected chi connectivity index (χ3v) is 5.11. The average molecular weight is 411 g/mol. The lowest BCUT2D eigenvalue weighted by atomic mass is 10.1. The molecule has 3 aromatic rings. The summed E-state index contributed by atoms with van der Waals surface area (Å²) < 4.78 is 6.04. The smallest absolute Gasteiger partial charge is 0.337 e. The molecule has 0 aliphatic rings. The predicted octanol–water partition coefficient (Wildman–Crippen LogP) is 2.16. The van der Waals surface area contributed by atoms with Gasteiger partial charge in [-0.25, -0.2) is 9.47 Å². The van der Waals surface area contributed by atoms with E-state index in [9.17, 15) is 9.59 Å². The lowest BCUT2D eigenvalue weighted by Crippen LogP contribution is -2.25. The third kappa shape index (κ3) is 5.14. The van der Waals surface area contributed by atoms with Crippen molar-refractivity contribution in [2.75, 3.05) is 18.7 Å². The second-order valence-electron chi connectivity index (χ2n) is 6.30. The first-order valence-electron chi connectivity index (χ1n) is 8.82. The van der Waals surface area contributed by atoms with Crippen LogP contribution in [0.1, 0.15) is 21.5 Å². The Kier molecular flexibility index (Phi) is 6.50. The van der Waals surface area contributed by atoms with E-state index >= 15 is 0 Å². The minimum atomic E-state index is -0.395. The summed E-state index contributed by atoms with van der Waals surface area (Å²) >= 11 is 1.21. The maximum atomic E-state index is 12.1. The van der Waals surface area contributed by atoms with E-state index in [-0.39, 0.29) is 11.7 Å². The van der Waals surface area contributed by atoms with Crippen LogP contribution in [0.2, 0.25) is 0 Å². The third-order valence-electron chi connectivity index (χ3n) is 4.17. The quantitative estimate of drug-likeness (QED) is 0.348. The van der Waals surface area contributed by atoms with Crippen LogP contribution >= 0.6 is 11.8 Å². The second-order valence-corrected chi connectivity index (χ2v) is 7.24. The highest BCUT2D eigenvalue weighted by molar-refractivity contribution is 7.99. The zero-order valence-electron chi connectivity index (χ0n) is 16.1. The largest absolute Gasteiger partial charge is 0.465 e. The number of aryl methyl sites for hydroxylation is 1. The van der Waals surface area contributed by atoms with Crippen LogP contribution in [0.5, 0.6) is 0 Å². The number of amides is 1. The van der Waals surface area contributed by atoms with Crippen molar-refractivity contribution in [3.63, 3.8) is 0 Å². The molecule has 1 aromatic heterocycles. The number of benzene rings is 2. The van der Waals surface area contributed by atoms with Crippen molar-refractivity contribution in [2.24, 2.45) is 0 Å². The molecule has 2 aromatic carbocycles. The number of methoxy groups -OCH3 is 1. The van der Waals surface area contributed by atoms with Gasteiger partial charge >= 0.3 is 5.97 Å². The molecule has 0 atom stereocenters. The Hall–Kier alpha value is -3.33. The molecule has 1 heterocycles. The summed E-state index contributed by atoms with van der Waals surface area (Å²) in [6.07, 6.45) is 0. The van der Waals surface area contributed by atoms with Gasteiger partial charge in [0.1, 0.15) is 0 Å². The Balaban J connectivity index is 1.52. The molecule has 0 fully saturated rings. The van der Waals surface area contributed by atoms with Crippen LogP contribution in [-0.2, 0) is 16.1 Å². The fourth-order valence-electron chi connectivity index (χ4n) is 2.53. The molecule has 0 aliphatic carbocycles. The lowest BCUT2D eigenvalue weighted by Gasteiger charge is -2.06. The van der Waals surface area contributed by atoms with E-state index in [2.05, 4.69) is 20.3 Å². The van der Waals surface area contributed by atoms with Crippen LogP contribution < -0.4 is 11.2 Å². The number of carbonyl (C=O) groups excluding carboxylic acids is 2. The topological polar surface area (TPSA) is 112 Å². The summed E-state index contributed by atoms with van der Waals surface area (Å²) in [5.41, 5.74) is 3.34. The van der Waals surface area contributed by atoms with Crippen LogP contribution in [-0.4, -0.2) is 39.6 Å². The van der Waals surface area contributed by atoms with Gasteiger partial charge in [0.15, 0.2) is 5.82 Å². The minimum absolute atomic E-state index is 0.156. The molecule has 1 amide bonds. The number of hydrogen-bond donors (Lipinski definition) is 2. The highest BCUT2D eigenvalue weighted by atomic mass is 32.2. The summed E-state index contributed by atoms with van der Waals surface area (Å²) in [6.45, 7) is 2.36. The van der Waals surface area contributed by atoms with Gasteiger partial charge in [0.05, 0.1) is 18.4 Å². The Bertz CT molecular complexity index is 1000. The van der Waals surface area contributed by atoms with E-state index in [0.29, 0.717) is 23.1 Å². The molecule has 3 rings (SSSR count). The number of nitrogens with two attached hydrogens (primary N) is 1. The predicted molar refractivity (Wildman–Crippen MR) is 111 cm³/mol. The zero-order chi connectivity index (χ0) is 20.8. The van der Waals surface area contributed by atoms with Gasteiger partial charge in [-0.2, -0.15) is 0 Å². The molecule has 150 valence electrons. The van der Waals surface area contributed by atoms with E-state index in [1.54, 1.807) is 24.3 Å². The highest BCUT2D eigenvalue weighted by Crippen LogP contribution is 2.21. The number of esters is 1. The van der Waals surface area contributed by atoms with Gasteiger partial charge in [-0.15, -0.1) is 10.2 Å². The molecule has 3 N–H and O–H groups in total. The minimum Gasteiger partial charge on any atom is -0.465 e. The fraction of sp³-hybridized carbons (Fsp3) is 0.200. The van der Waals surface area contributed by atoms with Crippen LogP contribution in [0, 0.1) is 6.92 Å². The number of nitrogens with one attached hydrogen (secondary N) is 1. The van der Waals surface area contributed by atoms with Gasteiger partial charge in [-0.1, -0.05) is 53.7 Å². The number of nitrogen functional groups attached to an aromatic ring is 1. The van der Waals surface area contributed by atoms with Crippen molar-refractivity contribution in [3.05, 3.63) is 65.2 Å². The standard InChI is InChI=1S/C20H21N5O3S/c1-13-3-7-15(8-4-13)18-23-24-20(25(18)21)29-12-17(26)22-11-14-5-9-16(10-6-14)19(27)28-2/h3-10H,11-12,21H2,1-2H3,(H,22,26). The molecular formula is C20H21N5O3S. The first-order valence-corrected chi connectivity index (χ1v) is 9.81. The van der Waals surface area contributed by atoms with Crippen molar-refractivity contribution < 1.29 is 14.3 Å². The van der Waals surface area contributed by atoms with Crippen LogP contribution in [0.25, 0.3) is 11.4 Å². The van der Waals surface area contributed by atoms with Crippen molar-refractivity contribution in [1.82, 2.24) is 20.2 Å². The highest BCUT2D eigenvalue weighted by Gasteiger charge is 2.14. The van der Waals surface area contributed by atoms with Crippen LogP contribution in [0.4, 0.5) is 0 Å². The van der Waals surface area contributed by atoms with Gasteiger partial charge in [0, 0.05) is 12.1 Å². The molecule has 0 saturated carbocycles. The molecule has 8 nitrogen and oxygen atoms in total. The molecule has 0 aliphatic heterocycles. The number of nitrogens with zero attached hydrogens (tertiary/aromatic N) is 3. The van der Waals surface area contributed by atoms with Gasteiger partial charge in [0.2, 0.25) is 11.1 Å².